The molecule has 2 saturated heterocycles. The molecule has 1 unspecified atom stereocenters. The zero-order chi connectivity index (χ0) is 30.2. The minimum atomic E-state index is -1.32. The third kappa shape index (κ3) is 4.89. The van der Waals surface area contributed by atoms with Crippen LogP contribution in [0.1, 0.15) is 38.2 Å². The van der Waals surface area contributed by atoms with Gasteiger partial charge in [-0.3, -0.25) is 14.4 Å². The van der Waals surface area contributed by atoms with Crippen molar-refractivity contribution in [2.24, 2.45) is 11.8 Å². The second kappa shape index (κ2) is 11.9. The maximum atomic E-state index is 14.6. The summed E-state index contributed by atoms with van der Waals surface area (Å²) in [5.41, 5.74) is -0.788. The number of para-hydroxylation sites is 1. The van der Waals surface area contributed by atoms with Gasteiger partial charge in [0.1, 0.15) is 11.6 Å². The third-order valence-electron chi connectivity index (χ3n) is 9.44. The highest BCUT2D eigenvalue weighted by Crippen LogP contribution is 2.58. The average molecular weight is 604 g/mol. The molecule has 8 nitrogen and oxygen atoms in total. The molecule has 4 heterocycles. The summed E-state index contributed by atoms with van der Waals surface area (Å²) in [7, 11) is 0. The van der Waals surface area contributed by atoms with Gasteiger partial charge in [-0.25, -0.2) is 0 Å². The maximum absolute atomic E-state index is 14.6. The second-order valence-electron chi connectivity index (χ2n) is 11.8. The Morgan fingerprint density at radius 1 is 0.884 bits per heavy atom. The summed E-state index contributed by atoms with van der Waals surface area (Å²) >= 11 is 6.56. The molecular weight excluding hydrogens is 566 g/mol. The molecule has 9 heteroatoms. The van der Waals surface area contributed by atoms with Crippen molar-refractivity contribution >= 4 is 35.0 Å². The van der Waals surface area contributed by atoms with E-state index >= 15 is 0 Å². The van der Waals surface area contributed by atoms with Crippen LogP contribution in [0.3, 0.4) is 0 Å². The number of hydrogen-bond acceptors (Lipinski definition) is 5. The van der Waals surface area contributed by atoms with Gasteiger partial charge in [0.05, 0.1) is 28.1 Å². The highest BCUT2D eigenvalue weighted by Gasteiger charge is 2.75. The van der Waals surface area contributed by atoms with Gasteiger partial charge in [-0.05, 0) is 43.4 Å². The lowest BCUT2D eigenvalue weighted by Crippen LogP contribution is -2.56. The van der Waals surface area contributed by atoms with Crippen LogP contribution in [0, 0.1) is 11.8 Å². The average Bonchev–Trinajstić information content (AvgIpc) is 3.30. The molecule has 1 spiro atoms. The highest BCUT2D eigenvalue weighted by atomic mass is 35.5. The lowest BCUT2D eigenvalue weighted by molar-refractivity contribution is -0.150. The van der Waals surface area contributed by atoms with E-state index in [-0.39, 0.29) is 30.9 Å². The summed E-state index contributed by atoms with van der Waals surface area (Å²) in [6, 6.07) is 16.0. The van der Waals surface area contributed by atoms with Gasteiger partial charge < -0.3 is 24.5 Å². The van der Waals surface area contributed by atoms with Crippen molar-refractivity contribution in [2.75, 3.05) is 31.1 Å². The number of fused-ring (bicyclic) bond motifs is 2. The largest absolute Gasteiger partial charge is 0.396 e. The van der Waals surface area contributed by atoms with E-state index in [1.807, 2.05) is 73.7 Å². The smallest absolute Gasteiger partial charge is 0.253 e. The standard InChI is InChI=1S/C34H38ClN3O5/c1-2-33-17-11-19-36(23-24-13-5-3-6-14-24)30(40)27(33)28-31(41)38(20-9-4-10-22-39)29-32(42)37(21-12-18-34(28,29)43-33)26-16-8-7-15-25(26)35/h3,5-8,11-18,27-29,39H,2,4,9-10,19-23H2,1H3/t27-,28+,29?,33+,34+/m1/s1. The van der Waals surface area contributed by atoms with Gasteiger partial charge in [-0.15, -0.1) is 0 Å². The van der Waals surface area contributed by atoms with Crippen LogP contribution in [-0.2, 0) is 25.7 Å². The number of hydrogen-bond donors (Lipinski definition) is 1. The molecule has 0 saturated carbocycles. The highest BCUT2D eigenvalue weighted by molar-refractivity contribution is 6.34. The minimum Gasteiger partial charge on any atom is -0.396 e. The van der Waals surface area contributed by atoms with Crippen LogP contribution in [0.15, 0.2) is 78.9 Å². The molecule has 0 aliphatic carbocycles. The zero-order valence-corrected chi connectivity index (χ0v) is 25.2. The van der Waals surface area contributed by atoms with Gasteiger partial charge in [0.2, 0.25) is 11.8 Å². The first-order valence-corrected chi connectivity index (χ1v) is 15.6. The molecule has 5 atom stereocenters. The molecule has 3 amide bonds. The third-order valence-corrected chi connectivity index (χ3v) is 9.76. The molecule has 4 aliphatic rings. The summed E-state index contributed by atoms with van der Waals surface area (Å²) < 4.78 is 7.06. The first-order valence-electron chi connectivity index (χ1n) is 15.2. The molecule has 0 bridgehead atoms. The van der Waals surface area contributed by atoms with Crippen molar-refractivity contribution in [3.8, 4) is 0 Å². The number of carbonyl (C=O) groups excluding carboxylic acids is 3. The summed E-state index contributed by atoms with van der Waals surface area (Å²) in [5.74, 6) is -2.31. The predicted molar refractivity (Wildman–Crippen MR) is 164 cm³/mol. The quantitative estimate of drug-likeness (QED) is 0.340. The Hall–Kier alpha value is -3.46. The second-order valence-corrected chi connectivity index (χ2v) is 12.3. The summed E-state index contributed by atoms with van der Waals surface area (Å²) in [5, 5.41) is 9.77. The Kier molecular flexibility index (Phi) is 8.20. The van der Waals surface area contributed by atoms with E-state index in [2.05, 4.69) is 0 Å². The van der Waals surface area contributed by atoms with E-state index in [1.165, 1.54) is 0 Å². The molecule has 4 aliphatic heterocycles. The van der Waals surface area contributed by atoms with Gasteiger partial charge in [-0.2, -0.15) is 0 Å². The fourth-order valence-corrected chi connectivity index (χ4v) is 7.69. The lowest BCUT2D eigenvalue weighted by atomic mass is 9.73. The van der Waals surface area contributed by atoms with Gasteiger partial charge in [0, 0.05) is 32.8 Å². The first kappa shape index (κ1) is 29.6. The maximum Gasteiger partial charge on any atom is 0.253 e. The van der Waals surface area contributed by atoms with Crippen LogP contribution < -0.4 is 4.90 Å². The van der Waals surface area contributed by atoms with Crippen LogP contribution in [-0.4, -0.2) is 76.1 Å². The van der Waals surface area contributed by atoms with Crippen molar-refractivity contribution in [2.45, 2.75) is 56.4 Å². The number of amides is 3. The Labute approximate surface area is 257 Å². The van der Waals surface area contributed by atoms with Gasteiger partial charge >= 0.3 is 0 Å². The molecule has 6 rings (SSSR count). The van der Waals surface area contributed by atoms with Gasteiger partial charge in [0.25, 0.3) is 5.91 Å². The predicted octanol–water partition coefficient (Wildman–Crippen LogP) is 4.37. The number of anilines is 1. The van der Waals surface area contributed by atoms with Gasteiger partial charge in [0.15, 0.2) is 0 Å². The number of carbonyl (C=O) groups is 3. The number of halogens is 1. The number of unbranched alkanes of at least 4 members (excludes halogenated alkanes) is 2. The molecule has 43 heavy (non-hydrogen) atoms. The topological polar surface area (TPSA) is 90.4 Å². The molecule has 0 aromatic heterocycles. The number of nitrogens with zero attached hydrogens (tertiary/aromatic N) is 3. The molecule has 2 fully saturated rings. The van der Waals surface area contributed by atoms with Gasteiger partial charge in [-0.1, -0.05) is 85.3 Å². The van der Waals surface area contributed by atoms with Crippen LogP contribution in [0.2, 0.25) is 5.02 Å². The van der Waals surface area contributed by atoms with Crippen molar-refractivity contribution in [3.63, 3.8) is 0 Å². The summed E-state index contributed by atoms with van der Waals surface area (Å²) in [6.07, 6.45) is 10.1. The van der Waals surface area contributed by atoms with E-state index in [0.29, 0.717) is 56.0 Å². The van der Waals surface area contributed by atoms with Crippen molar-refractivity contribution in [1.82, 2.24) is 9.80 Å². The Morgan fingerprint density at radius 3 is 2.37 bits per heavy atom. The molecule has 0 radical (unpaired) electrons. The summed E-state index contributed by atoms with van der Waals surface area (Å²) in [6.45, 7) is 3.44. The van der Waals surface area contributed by atoms with E-state index < -0.39 is 29.1 Å². The van der Waals surface area contributed by atoms with Crippen molar-refractivity contribution in [1.29, 1.82) is 0 Å². The van der Waals surface area contributed by atoms with E-state index in [1.54, 1.807) is 26.8 Å². The Balaban J connectivity index is 1.43. The first-order chi connectivity index (χ1) is 20.9. The van der Waals surface area contributed by atoms with Crippen LogP contribution in [0.5, 0.6) is 0 Å². The van der Waals surface area contributed by atoms with E-state index in [9.17, 15) is 19.5 Å². The zero-order valence-electron chi connectivity index (χ0n) is 24.4. The fourth-order valence-electron chi connectivity index (χ4n) is 7.45. The van der Waals surface area contributed by atoms with Crippen molar-refractivity contribution in [3.05, 3.63) is 89.5 Å². The van der Waals surface area contributed by atoms with Crippen LogP contribution >= 0.6 is 11.6 Å². The van der Waals surface area contributed by atoms with Crippen molar-refractivity contribution < 1.29 is 24.2 Å². The van der Waals surface area contributed by atoms with Crippen LogP contribution in [0.25, 0.3) is 0 Å². The lowest BCUT2D eigenvalue weighted by Gasteiger charge is -2.38. The number of ether oxygens (including phenoxy) is 1. The van der Waals surface area contributed by atoms with E-state index in [0.717, 1.165) is 5.56 Å². The number of aliphatic hydroxyl groups is 1. The summed E-state index contributed by atoms with van der Waals surface area (Å²) in [4.78, 5) is 48.8. The Bertz CT molecular complexity index is 1450. The molecular formula is C34H38ClN3O5. The minimum absolute atomic E-state index is 0.0637. The molecule has 226 valence electrons. The fraction of sp³-hybridized carbons (Fsp3) is 0.441. The number of aliphatic hydroxyl groups excluding tert-OH is 1. The normalized spacial score (nSPS) is 29.9. The number of rotatable bonds is 9. The Morgan fingerprint density at radius 2 is 1.63 bits per heavy atom. The van der Waals surface area contributed by atoms with Crippen LogP contribution in [0.4, 0.5) is 5.69 Å². The number of likely N-dealkylation sites (tertiary alicyclic amines) is 1. The molecule has 2 aromatic carbocycles. The monoisotopic (exact) mass is 603 g/mol. The molecule has 2 aromatic rings. The van der Waals surface area contributed by atoms with E-state index in [4.69, 9.17) is 16.3 Å². The molecule has 1 N–H and O–H groups in total. The number of benzene rings is 2. The SMILES string of the molecule is CC[C@]12C=CCN(Cc3ccccc3)C(=O)[C@H]1[C@H]1C(=O)N(CCCCCO)C3C(=O)N(c4ccccc4Cl)CC=C[C@@]31O2.